The number of hydrogen-bond donors (Lipinski definition) is 3. The van der Waals surface area contributed by atoms with Crippen LogP contribution in [0.2, 0.25) is 5.02 Å². The van der Waals surface area contributed by atoms with Crippen molar-refractivity contribution in [3.8, 4) is 5.75 Å². The predicted octanol–water partition coefficient (Wildman–Crippen LogP) is 3.64. The van der Waals surface area contributed by atoms with Gasteiger partial charge in [0.15, 0.2) is 5.17 Å². The van der Waals surface area contributed by atoms with Crippen LogP contribution in [0.25, 0.3) is 6.08 Å². The summed E-state index contributed by atoms with van der Waals surface area (Å²) in [6.07, 6.45) is 1.69. The van der Waals surface area contributed by atoms with E-state index in [4.69, 9.17) is 16.7 Å². The molecule has 1 amide bonds. The van der Waals surface area contributed by atoms with Gasteiger partial charge in [-0.05, 0) is 53.7 Å². The largest absolute Gasteiger partial charge is 0.507 e. The summed E-state index contributed by atoms with van der Waals surface area (Å²) < 4.78 is 0. The van der Waals surface area contributed by atoms with E-state index in [-0.39, 0.29) is 17.2 Å². The van der Waals surface area contributed by atoms with Crippen LogP contribution >= 0.6 is 23.4 Å². The number of aromatic hydroxyl groups is 1. The summed E-state index contributed by atoms with van der Waals surface area (Å²) in [5, 5.41) is 22.0. The van der Waals surface area contributed by atoms with Crippen LogP contribution in [0.3, 0.4) is 0 Å². The lowest BCUT2D eigenvalue weighted by Gasteiger charge is -2.01. The lowest BCUT2D eigenvalue weighted by molar-refractivity contribution is -0.115. The minimum atomic E-state index is -1.26. The van der Waals surface area contributed by atoms with Crippen LogP contribution in [0.4, 0.5) is 5.69 Å². The zero-order valence-corrected chi connectivity index (χ0v) is 14.1. The van der Waals surface area contributed by atoms with E-state index in [1.54, 1.807) is 24.3 Å². The Hall–Kier alpha value is -2.77. The van der Waals surface area contributed by atoms with Crippen molar-refractivity contribution >= 4 is 52.2 Å². The number of amidine groups is 1. The Morgan fingerprint density at radius 3 is 2.76 bits per heavy atom. The van der Waals surface area contributed by atoms with Gasteiger partial charge in [0, 0.05) is 5.02 Å². The van der Waals surface area contributed by atoms with E-state index in [1.807, 2.05) is 6.07 Å². The summed E-state index contributed by atoms with van der Waals surface area (Å²) in [5.74, 6) is -1.91. The highest BCUT2D eigenvalue weighted by atomic mass is 35.5. The average molecular weight is 375 g/mol. The number of nitrogens with one attached hydrogen (secondary N) is 1. The average Bonchev–Trinajstić information content (AvgIpc) is 2.88. The van der Waals surface area contributed by atoms with Crippen LogP contribution in [0.1, 0.15) is 15.9 Å². The number of aromatic carboxylic acids is 1. The van der Waals surface area contributed by atoms with Gasteiger partial charge in [-0.25, -0.2) is 9.79 Å². The first-order chi connectivity index (χ1) is 11.9. The van der Waals surface area contributed by atoms with E-state index < -0.39 is 5.97 Å². The smallest absolute Gasteiger partial charge is 0.339 e. The Morgan fingerprint density at radius 2 is 2.04 bits per heavy atom. The van der Waals surface area contributed by atoms with Gasteiger partial charge in [0.2, 0.25) is 0 Å². The Labute approximate surface area is 151 Å². The summed E-state index contributed by atoms with van der Waals surface area (Å²) in [6.45, 7) is 0. The van der Waals surface area contributed by atoms with Gasteiger partial charge >= 0.3 is 5.97 Å². The van der Waals surface area contributed by atoms with Crippen molar-refractivity contribution in [2.24, 2.45) is 4.99 Å². The molecule has 6 nitrogen and oxygen atoms in total. The molecule has 25 heavy (non-hydrogen) atoms. The molecule has 1 saturated heterocycles. The van der Waals surface area contributed by atoms with Gasteiger partial charge in [0.25, 0.3) is 5.91 Å². The number of thioether (sulfide) groups is 1. The number of carboxylic acids is 1. The quantitative estimate of drug-likeness (QED) is 0.712. The number of hydrogen-bond acceptors (Lipinski definition) is 5. The van der Waals surface area contributed by atoms with Crippen LogP contribution in [0.15, 0.2) is 52.4 Å². The molecule has 0 atom stereocenters. The first kappa shape index (κ1) is 17.1. The number of rotatable bonds is 3. The third-order valence-electron chi connectivity index (χ3n) is 3.24. The third-order valence-corrected chi connectivity index (χ3v) is 4.38. The van der Waals surface area contributed by atoms with Gasteiger partial charge in [-0.2, -0.15) is 0 Å². The zero-order valence-electron chi connectivity index (χ0n) is 12.6. The number of nitrogens with zero attached hydrogens (tertiary/aromatic N) is 1. The molecule has 0 aromatic heterocycles. The summed E-state index contributed by atoms with van der Waals surface area (Å²) >= 11 is 7.06. The van der Waals surface area contributed by atoms with Crippen molar-refractivity contribution in [3.63, 3.8) is 0 Å². The highest BCUT2D eigenvalue weighted by Crippen LogP contribution is 2.30. The van der Waals surface area contributed by atoms with Crippen LogP contribution in [0.5, 0.6) is 5.75 Å². The highest BCUT2D eigenvalue weighted by molar-refractivity contribution is 8.18. The first-order valence-electron chi connectivity index (χ1n) is 7.04. The third kappa shape index (κ3) is 4.01. The van der Waals surface area contributed by atoms with E-state index in [1.165, 1.54) is 18.2 Å². The predicted molar refractivity (Wildman–Crippen MR) is 97.3 cm³/mol. The fourth-order valence-electron chi connectivity index (χ4n) is 2.11. The fourth-order valence-corrected chi connectivity index (χ4v) is 3.15. The zero-order chi connectivity index (χ0) is 18.0. The molecule has 0 bridgehead atoms. The van der Waals surface area contributed by atoms with Gasteiger partial charge in [-0.1, -0.05) is 23.7 Å². The summed E-state index contributed by atoms with van der Waals surface area (Å²) in [4.78, 5) is 27.7. The summed E-state index contributed by atoms with van der Waals surface area (Å²) in [5.41, 5.74) is 0.831. The van der Waals surface area contributed by atoms with Gasteiger partial charge in [0.05, 0.1) is 10.6 Å². The second-order valence-electron chi connectivity index (χ2n) is 5.04. The topological polar surface area (TPSA) is 99.0 Å². The molecular formula is C17H11ClN2O4S. The number of aliphatic imine (C=N–C) groups is 1. The molecule has 2 aromatic rings. The van der Waals surface area contributed by atoms with Gasteiger partial charge in [-0.15, -0.1) is 0 Å². The van der Waals surface area contributed by atoms with Gasteiger partial charge in [0.1, 0.15) is 11.3 Å². The molecule has 0 radical (unpaired) electrons. The molecule has 0 spiro atoms. The first-order valence-corrected chi connectivity index (χ1v) is 8.23. The summed E-state index contributed by atoms with van der Waals surface area (Å²) in [7, 11) is 0. The molecule has 1 fully saturated rings. The number of carbonyl (C=O) groups excluding carboxylic acids is 1. The molecule has 0 saturated carbocycles. The molecule has 3 rings (SSSR count). The molecule has 1 aliphatic heterocycles. The Balaban J connectivity index is 1.86. The van der Waals surface area contributed by atoms with Gasteiger partial charge in [-0.3, -0.25) is 4.79 Å². The van der Waals surface area contributed by atoms with E-state index in [2.05, 4.69) is 10.3 Å². The van der Waals surface area contributed by atoms with E-state index in [0.717, 1.165) is 17.3 Å². The van der Waals surface area contributed by atoms with Crippen molar-refractivity contribution in [2.75, 3.05) is 0 Å². The van der Waals surface area contributed by atoms with Crippen molar-refractivity contribution in [2.45, 2.75) is 0 Å². The van der Waals surface area contributed by atoms with E-state index in [0.29, 0.717) is 20.8 Å². The van der Waals surface area contributed by atoms with Crippen molar-refractivity contribution in [3.05, 3.63) is 63.5 Å². The van der Waals surface area contributed by atoms with Crippen molar-refractivity contribution < 1.29 is 19.8 Å². The Morgan fingerprint density at radius 1 is 1.24 bits per heavy atom. The number of halogens is 1. The lowest BCUT2D eigenvalue weighted by Crippen LogP contribution is -2.19. The van der Waals surface area contributed by atoms with Crippen LogP contribution < -0.4 is 5.32 Å². The minimum absolute atomic E-state index is 0.258. The van der Waals surface area contributed by atoms with Crippen LogP contribution in [0, 0.1) is 0 Å². The maximum Gasteiger partial charge on any atom is 0.339 e. The Bertz CT molecular complexity index is 940. The molecule has 0 unspecified atom stereocenters. The SMILES string of the molecule is O=C1NC(=Nc2ccc(O)c(C(=O)O)c2)S/C1=C\c1cccc(Cl)c1. The fraction of sp³-hybridized carbons (Fsp3) is 0. The van der Waals surface area contributed by atoms with Crippen molar-refractivity contribution in [1.82, 2.24) is 5.32 Å². The number of phenols is 1. The molecule has 126 valence electrons. The summed E-state index contributed by atoms with van der Waals surface area (Å²) in [6, 6.07) is 11.0. The van der Waals surface area contributed by atoms with Crippen molar-refractivity contribution in [1.29, 1.82) is 0 Å². The molecule has 1 heterocycles. The molecule has 3 N–H and O–H groups in total. The molecule has 8 heteroatoms. The van der Waals surface area contributed by atoms with Crippen LogP contribution in [-0.2, 0) is 4.79 Å². The van der Waals surface area contributed by atoms with Crippen LogP contribution in [-0.4, -0.2) is 27.3 Å². The number of amides is 1. The maximum atomic E-state index is 12.0. The second kappa shape index (κ2) is 7.00. The highest BCUT2D eigenvalue weighted by Gasteiger charge is 2.24. The van der Waals surface area contributed by atoms with E-state index >= 15 is 0 Å². The van der Waals surface area contributed by atoms with Gasteiger partial charge < -0.3 is 15.5 Å². The molecule has 0 aliphatic carbocycles. The molecule has 1 aliphatic rings. The standard InChI is InChI=1S/C17H11ClN2O4S/c18-10-3-1-2-9(6-10)7-14-15(22)20-17(25-14)19-11-4-5-13(21)12(8-11)16(23)24/h1-8,21H,(H,23,24)(H,19,20,22)/b14-7-. The Kier molecular flexibility index (Phi) is 4.78. The maximum absolute atomic E-state index is 12.0. The number of carboxylic acid groups (broad SMARTS) is 1. The molecule has 2 aromatic carbocycles. The monoisotopic (exact) mass is 374 g/mol. The number of benzene rings is 2. The molecular weight excluding hydrogens is 364 g/mol. The normalized spacial score (nSPS) is 17.1. The minimum Gasteiger partial charge on any atom is -0.507 e. The number of carbonyl (C=O) groups is 2. The van der Waals surface area contributed by atoms with E-state index in [9.17, 15) is 14.7 Å². The lowest BCUT2D eigenvalue weighted by atomic mass is 10.2. The second-order valence-corrected chi connectivity index (χ2v) is 6.51.